The molecule has 1 aromatic carbocycles. The van der Waals surface area contributed by atoms with E-state index in [1.54, 1.807) is 0 Å². The van der Waals surface area contributed by atoms with E-state index < -0.39 is 10.8 Å². The van der Waals surface area contributed by atoms with Crippen molar-refractivity contribution in [1.29, 1.82) is 0 Å². The van der Waals surface area contributed by atoms with Crippen LogP contribution in [0.2, 0.25) is 0 Å². The normalized spacial score (nSPS) is 19.8. The van der Waals surface area contributed by atoms with Crippen LogP contribution >= 0.6 is 0 Å². The Hall–Kier alpha value is -1.95. The highest BCUT2D eigenvalue weighted by Crippen LogP contribution is 2.33. The number of anilines is 1. The minimum absolute atomic E-state index is 0.0378. The number of hydrogen-bond donors (Lipinski definition) is 1. The zero-order valence-corrected chi connectivity index (χ0v) is 16.7. The van der Waals surface area contributed by atoms with Crippen molar-refractivity contribution in [2.24, 2.45) is 5.92 Å². The number of carbonyl (C=O) groups is 1. The Morgan fingerprint density at radius 3 is 2.78 bits per heavy atom. The Morgan fingerprint density at radius 1 is 1.22 bits per heavy atom. The maximum Gasteiger partial charge on any atom is 0.225 e. The Balaban J connectivity index is 1.55. The first-order valence-corrected chi connectivity index (χ1v) is 11.4. The molecule has 0 bridgehead atoms. The van der Waals surface area contributed by atoms with Crippen LogP contribution in [0.3, 0.4) is 0 Å². The first-order valence-electron chi connectivity index (χ1n) is 9.93. The van der Waals surface area contributed by atoms with Crippen LogP contribution in [-0.4, -0.2) is 19.9 Å². The molecule has 1 aromatic heterocycles. The molecule has 27 heavy (non-hydrogen) atoms. The van der Waals surface area contributed by atoms with E-state index in [1.165, 1.54) is 32.1 Å². The summed E-state index contributed by atoms with van der Waals surface area (Å²) in [4.78, 5) is 12.7. The Bertz CT molecular complexity index is 868. The number of hydrogen-bond acceptors (Lipinski definition) is 3. The summed E-state index contributed by atoms with van der Waals surface area (Å²) in [6, 6.07) is 8.01. The molecule has 2 heterocycles. The molecule has 1 unspecified atom stereocenters. The number of aromatic nitrogens is 2. The van der Waals surface area contributed by atoms with Gasteiger partial charge in [0.1, 0.15) is 5.82 Å². The fourth-order valence-corrected chi connectivity index (χ4v) is 5.50. The molecule has 6 heteroatoms. The van der Waals surface area contributed by atoms with Gasteiger partial charge >= 0.3 is 0 Å². The second-order valence-electron chi connectivity index (χ2n) is 7.79. The predicted molar refractivity (Wildman–Crippen MR) is 108 cm³/mol. The number of amides is 1. The average Bonchev–Trinajstić information content (AvgIpc) is 3.18. The Kier molecular flexibility index (Phi) is 5.43. The number of benzene rings is 1. The van der Waals surface area contributed by atoms with Crippen molar-refractivity contribution in [2.45, 2.75) is 63.4 Å². The lowest BCUT2D eigenvalue weighted by Gasteiger charge is -2.21. The van der Waals surface area contributed by atoms with Crippen molar-refractivity contribution in [3.63, 3.8) is 0 Å². The lowest BCUT2D eigenvalue weighted by molar-refractivity contribution is -0.116. The molecule has 0 spiro atoms. The maximum atomic E-state index is 12.7. The summed E-state index contributed by atoms with van der Waals surface area (Å²) in [5.41, 5.74) is 3.83. The summed E-state index contributed by atoms with van der Waals surface area (Å²) in [5, 5.41) is 7.79. The van der Waals surface area contributed by atoms with E-state index in [1.807, 2.05) is 35.9 Å². The van der Waals surface area contributed by atoms with Gasteiger partial charge < -0.3 is 5.32 Å². The Morgan fingerprint density at radius 2 is 2.00 bits per heavy atom. The molecule has 2 aliphatic rings. The fourth-order valence-electron chi connectivity index (χ4n) is 4.24. The smallest absolute Gasteiger partial charge is 0.225 e. The van der Waals surface area contributed by atoms with E-state index in [-0.39, 0.29) is 5.91 Å². The third-order valence-electron chi connectivity index (χ3n) is 5.78. The molecule has 1 aliphatic carbocycles. The summed E-state index contributed by atoms with van der Waals surface area (Å²) in [6.07, 6.45) is 7.93. The molecule has 1 aliphatic heterocycles. The average molecular weight is 386 g/mol. The lowest BCUT2D eigenvalue weighted by Crippen LogP contribution is -2.18. The summed E-state index contributed by atoms with van der Waals surface area (Å²) in [6.45, 7) is 2.04. The molecule has 1 atom stereocenters. The van der Waals surface area contributed by atoms with Crippen molar-refractivity contribution in [3.8, 4) is 5.69 Å². The SMILES string of the molecule is Cc1ccccc1-n1nc2c(c1NC(=O)CCC1CCCCC1)CS(=O)C2. The highest BCUT2D eigenvalue weighted by atomic mass is 32.2. The van der Waals surface area contributed by atoms with Crippen molar-refractivity contribution in [3.05, 3.63) is 41.1 Å². The van der Waals surface area contributed by atoms with Gasteiger partial charge in [0, 0.05) is 22.8 Å². The lowest BCUT2D eigenvalue weighted by atomic mass is 9.86. The molecule has 144 valence electrons. The predicted octanol–water partition coefficient (Wildman–Crippen LogP) is 4.24. The second-order valence-corrected chi connectivity index (χ2v) is 9.25. The number of carbonyl (C=O) groups excluding carboxylic acids is 1. The summed E-state index contributed by atoms with van der Waals surface area (Å²) in [7, 11) is -0.918. The maximum absolute atomic E-state index is 12.7. The van der Waals surface area contributed by atoms with E-state index in [4.69, 9.17) is 0 Å². The molecule has 0 radical (unpaired) electrons. The number of nitrogens with one attached hydrogen (secondary N) is 1. The van der Waals surface area contributed by atoms with Gasteiger partial charge in [-0.15, -0.1) is 0 Å². The van der Waals surface area contributed by atoms with Gasteiger partial charge in [-0.25, -0.2) is 4.68 Å². The zero-order chi connectivity index (χ0) is 18.8. The zero-order valence-electron chi connectivity index (χ0n) is 15.9. The van der Waals surface area contributed by atoms with Gasteiger partial charge in [-0.1, -0.05) is 50.3 Å². The molecular formula is C21H27N3O2S. The van der Waals surface area contributed by atoms with Crippen LogP contribution in [-0.2, 0) is 27.1 Å². The topological polar surface area (TPSA) is 64.0 Å². The van der Waals surface area contributed by atoms with Gasteiger partial charge in [0.25, 0.3) is 0 Å². The Labute approximate surface area is 163 Å². The molecular weight excluding hydrogens is 358 g/mol. The van der Waals surface area contributed by atoms with Crippen molar-refractivity contribution in [1.82, 2.24) is 9.78 Å². The first kappa shape index (κ1) is 18.4. The minimum atomic E-state index is -0.918. The van der Waals surface area contributed by atoms with Crippen molar-refractivity contribution >= 4 is 22.5 Å². The van der Waals surface area contributed by atoms with Gasteiger partial charge in [0.15, 0.2) is 0 Å². The van der Waals surface area contributed by atoms with Gasteiger partial charge in [0.05, 0.1) is 22.9 Å². The standard InChI is InChI=1S/C21H27N3O2S/c1-15-7-5-6-10-19(15)24-21(17-13-27(26)14-18(17)23-24)22-20(25)12-11-16-8-3-2-4-9-16/h5-7,10,16H,2-4,8-9,11-14H2,1H3,(H,22,25). The van der Waals surface area contributed by atoms with Crippen molar-refractivity contribution in [2.75, 3.05) is 5.32 Å². The highest BCUT2D eigenvalue weighted by molar-refractivity contribution is 7.83. The number of fused-ring (bicyclic) bond motifs is 1. The first-order chi connectivity index (χ1) is 13.1. The van der Waals surface area contributed by atoms with E-state index in [9.17, 15) is 9.00 Å². The van der Waals surface area contributed by atoms with E-state index in [2.05, 4.69) is 10.4 Å². The minimum Gasteiger partial charge on any atom is -0.310 e. The molecule has 0 saturated heterocycles. The van der Waals surface area contributed by atoms with Gasteiger partial charge in [-0.3, -0.25) is 9.00 Å². The largest absolute Gasteiger partial charge is 0.310 e. The summed E-state index contributed by atoms with van der Waals surface area (Å²) >= 11 is 0. The number of rotatable bonds is 5. The van der Waals surface area contributed by atoms with Gasteiger partial charge in [0.2, 0.25) is 5.91 Å². The summed E-state index contributed by atoms with van der Waals surface area (Å²) < 4.78 is 13.8. The number of para-hydroxylation sites is 1. The number of nitrogens with zero attached hydrogens (tertiary/aromatic N) is 2. The fraction of sp³-hybridized carbons (Fsp3) is 0.524. The quantitative estimate of drug-likeness (QED) is 0.837. The second kappa shape index (κ2) is 7.97. The van der Waals surface area contributed by atoms with Crippen LogP contribution in [0.4, 0.5) is 5.82 Å². The van der Waals surface area contributed by atoms with E-state index >= 15 is 0 Å². The van der Waals surface area contributed by atoms with Crippen LogP contribution in [0.5, 0.6) is 0 Å². The summed E-state index contributed by atoms with van der Waals surface area (Å²) in [5.74, 6) is 2.37. The molecule has 1 saturated carbocycles. The molecule has 1 amide bonds. The van der Waals surface area contributed by atoms with Crippen LogP contribution in [0.25, 0.3) is 5.69 Å². The van der Waals surface area contributed by atoms with E-state index in [0.717, 1.165) is 28.9 Å². The molecule has 4 rings (SSSR count). The molecule has 2 aromatic rings. The highest BCUT2D eigenvalue weighted by Gasteiger charge is 2.28. The van der Waals surface area contributed by atoms with Crippen LogP contribution in [0.1, 0.15) is 61.8 Å². The van der Waals surface area contributed by atoms with Gasteiger partial charge in [-0.05, 0) is 30.9 Å². The molecule has 1 N–H and O–H groups in total. The van der Waals surface area contributed by atoms with E-state index in [0.29, 0.717) is 29.7 Å². The third kappa shape index (κ3) is 4.00. The van der Waals surface area contributed by atoms with Crippen LogP contribution in [0, 0.1) is 12.8 Å². The number of aryl methyl sites for hydroxylation is 1. The monoisotopic (exact) mass is 385 g/mol. The molecule has 5 nitrogen and oxygen atoms in total. The molecule has 1 fully saturated rings. The van der Waals surface area contributed by atoms with Crippen LogP contribution < -0.4 is 5.32 Å². The van der Waals surface area contributed by atoms with Gasteiger partial charge in [-0.2, -0.15) is 5.10 Å². The third-order valence-corrected chi connectivity index (χ3v) is 6.98. The van der Waals surface area contributed by atoms with Crippen LogP contribution in [0.15, 0.2) is 24.3 Å². The van der Waals surface area contributed by atoms with Crippen molar-refractivity contribution < 1.29 is 9.00 Å².